The third-order valence-electron chi connectivity index (χ3n) is 8.64. The highest BCUT2D eigenvalue weighted by Crippen LogP contribution is 2.33. The fourth-order valence-corrected chi connectivity index (χ4v) is 5.83. The van der Waals surface area contributed by atoms with Gasteiger partial charge in [0, 0.05) is 18.4 Å². The molecule has 0 bridgehead atoms. The number of alkyl carbamates (subject to hydrolysis) is 1. The van der Waals surface area contributed by atoms with Gasteiger partial charge < -0.3 is 35.8 Å². The molecule has 0 fully saturated rings. The third kappa shape index (κ3) is 13.5. The van der Waals surface area contributed by atoms with E-state index in [9.17, 15) is 29.1 Å². The Morgan fingerprint density at radius 3 is 2.02 bits per heavy atom. The number of rotatable bonds is 14. The van der Waals surface area contributed by atoms with E-state index >= 15 is 0 Å². The summed E-state index contributed by atoms with van der Waals surface area (Å²) in [6.45, 7) is 15.8. The van der Waals surface area contributed by atoms with E-state index in [1.54, 1.807) is 55.4 Å². The van der Waals surface area contributed by atoms with Gasteiger partial charge in [0.2, 0.25) is 17.7 Å². The van der Waals surface area contributed by atoms with E-state index < -0.39 is 59.8 Å². The average molecular weight is 687 g/mol. The van der Waals surface area contributed by atoms with Crippen molar-refractivity contribution in [2.24, 2.45) is 23.7 Å². The molecular weight excluding hydrogens is 628 g/mol. The lowest BCUT2D eigenvalue weighted by Gasteiger charge is -2.29. The maximum atomic E-state index is 13.5. The van der Waals surface area contributed by atoms with E-state index in [0.717, 1.165) is 11.1 Å². The van der Waals surface area contributed by atoms with E-state index in [0.29, 0.717) is 19.3 Å². The number of amides is 4. The van der Waals surface area contributed by atoms with Gasteiger partial charge in [-0.2, -0.15) is 0 Å². The SMILES string of the molecule is COC(=O)[C@@H](NC(=O)[C@@H](NC(=O)CC1CCC([C@H](C)NC(=O)[C@H](C)NC(=O)OC(C)(C)C)=CC(Cc2ccccc2)C1O)C(C)C)C(C)C. The Morgan fingerprint density at radius 2 is 1.47 bits per heavy atom. The Balaban J connectivity index is 2.21. The van der Waals surface area contributed by atoms with Crippen LogP contribution in [0.15, 0.2) is 42.0 Å². The zero-order chi connectivity index (χ0) is 37.1. The lowest BCUT2D eigenvalue weighted by Crippen LogP contribution is -2.55. The number of ether oxygens (including phenoxy) is 2. The van der Waals surface area contributed by atoms with Crippen molar-refractivity contribution in [1.82, 2.24) is 21.3 Å². The summed E-state index contributed by atoms with van der Waals surface area (Å²) in [4.78, 5) is 64.2. The third-order valence-corrected chi connectivity index (χ3v) is 8.64. The summed E-state index contributed by atoms with van der Waals surface area (Å²) in [7, 11) is 1.26. The zero-order valence-electron chi connectivity index (χ0n) is 30.8. The van der Waals surface area contributed by atoms with Crippen LogP contribution in [0.1, 0.15) is 87.1 Å². The summed E-state index contributed by atoms with van der Waals surface area (Å²) in [5.41, 5.74) is 1.22. The Labute approximate surface area is 291 Å². The fraction of sp³-hybridized carbons (Fsp3) is 0.649. The maximum absolute atomic E-state index is 13.5. The van der Waals surface area contributed by atoms with Crippen LogP contribution >= 0.6 is 0 Å². The Bertz CT molecular complexity index is 1310. The van der Waals surface area contributed by atoms with Gasteiger partial charge in [-0.25, -0.2) is 9.59 Å². The summed E-state index contributed by atoms with van der Waals surface area (Å²) < 4.78 is 10.1. The van der Waals surface area contributed by atoms with Gasteiger partial charge in [-0.05, 0) is 77.2 Å². The molecular formula is C37H58N4O8. The molecule has 0 aliphatic heterocycles. The second-order valence-corrected chi connectivity index (χ2v) is 14.7. The first-order chi connectivity index (χ1) is 22.8. The van der Waals surface area contributed by atoms with Gasteiger partial charge in [-0.3, -0.25) is 14.4 Å². The summed E-state index contributed by atoms with van der Waals surface area (Å²) in [5.74, 6) is -3.11. The zero-order valence-corrected chi connectivity index (χ0v) is 30.8. The highest BCUT2D eigenvalue weighted by molar-refractivity contribution is 5.91. The van der Waals surface area contributed by atoms with Crippen molar-refractivity contribution in [1.29, 1.82) is 0 Å². The van der Waals surface area contributed by atoms with Crippen molar-refractivity contribution >= 4 is 29.8 Å². The normalized spacial score (nSPS) is 20.5. The number of nitrogens with one attached hydrogen (secondary N) is 4. The predicted octanol–water partition coefficient (Wildman–Crippen LogP) is 3.81. The highest BCUT2D eigenvalue weighted by Gasteiger charge is 2.35. The molecule has 5 N–H and O–H groups in total. The topological polar surface area (TPSA) is 172 Å². The van der Waals surface area contributed by atoms with Crippen molar-refractivity contribution < 1.29 is 38.6 Å². The first-order valence-electron chi connectivity index (χ1n) is 17.2. The number of hydrogen-bond acceptors (Lipinski definition) is 8. The molecule has 12 heteroatoms. The first-order valence-corrected chi connectivity index (χ1v) is 17.2. The van der Waals surface area contributed by atoms with E-state index in [2.05, 4.69) is 21.3 Å². The molecule has 2 rings (SSSR count). The summed E-state index contributed by atoms with van der Waals surface area (Å²) >= 11 is 0. The van der Waals surface area contributed by atoms with Crippen LogP contribution in [0.3, 0.4) is 0 Å². The molecule has 3 unspecified atom stereocenters. The molecule has 0 saturated heterocycles. The molecule has 1 aromatic carbocycles. The smallest absolute Gasteiger partial charge is 0.408 e. The van der Waals surface area contributed by atoms with Crippen molar-refractivity contribution in [3.63, 3.8) is 0 Å². The van der Waals surface area contributed by atoms with Crippen molar-refractivity contribution in [3.8, 4) is 0 Å². The van der Waals surface area contributed by atoms with Crippen LogP contribution in [-0.4, -0.2) is 77.9 Å². The van der Waals surface area contributed by atoms with Crippen molar-refractivity contribution in [2.75, 3.05) is 7.11 Å². The first kappa shape index (κ1) is 41.2. The molecule has 0 aromatic heterocycles. The van der Waals surface area contributed by atoms with Gasteiger partial charge in [0.15, 0.2) is 0 Å². The lowest BCUT2D eigenvalue weighted by atomic mass is 9.84. The molecule has 4 amide bonds. The highest BCUT2D eigenvalue weighted by atomic mass is 16.6. The molecule has 0 radical (unpaired) electrons. The summed E-state index contributed by atoms with van der Waals surface area (Å²) in [6, 6.07) is 6.71. The largest absolute Gasteiger partial charge is 0.467 e. The fourth-order valence-electron chi connectivity index (χ4n) is 5.83. The lowest BCUT2D eigenvalue weighted by molar-refractivity contribution is -0.146. The van der Waals surface area contributed by atoms with Crippen LogP contribution < -0.4 is 21.3 Å². The molecule has 1 aliphatic rings. The predicted molar refractivity (Wildman–Crippen MR) is 187 cm³/mol. The molecule has 1 aliphatic carbocycles. The summed E-state index contributed by atoms with van der Waals surface area (Å²) in [5, 5.41) is 22.8. The standard InChI is InChI=1S/C37H58N4O8/c1-21(2)30(34(45)41-31(22(3)4)35(46)48-10)40-29(42)20-27-17-16-26(19-28(32(27)43)18-25-14-12-11-13-15-25)23(5)38-33(44)24(6)39-36(47)49-37(7,8)9/h11-15,19,21-24,27-28,30-32,43H,16-18,20H2,1-10H3,(H,38,44)(H,39,47)(H,40,42)(H,41,45)/t23-,24-,27?,28?,30-,31-,32?/m0/s1. The maximum Gasteiger partial charge on any atom is 0.408 e. The number of hydrogen-bond donors (Lipinski definition) is 5. The van der Waals surface area contributed by atoms with Crippen LogP contribution in [0.5, 0.6) is 0 Å². The molecule has 274 valence electrons. The Hall–Kier alpha value is -3.93. The second-order valence-electron chi connectivity index (χ2n) is 14.7. The molecule has 49 heavy (non-hydrogen) atoms. The molecule has 12 nitrogen and oxygen atoms in total. The number of carbonyl (C=O) groups excluding carboxylic acids is 5. The van der Waals surface area contributed by atoms with Crippen LogP contribution in [0.25, 0.3) is 0 Å². The van der Waals surface area contributed by atoms with Gasteiger partial charge in [0.25, 0.3) is 0 Å². The number of esters is 1. The minimum Gasteiger partial charge on any atom is -0.467 e. The molecule has 0 spiro atoms. The van der Waals surface area contributed by atoms with Gasteiger partial charge in [-0.1, -0.05) is 69.7 Å². The van der Waals surface area contributed by atoms with Gasteiger partial charge in [0.1, 0.15) is 23.7 Å². The van der Waals surface area contributed by atoms with Gasteiger partial charge >= 0.3 is 12.1 Å². The van der Waals surface area contributed by atoms with Crippen LogP contribution in [0.4, 0.5) is 4.79 Å². The number of aliphatic hydroxyl groups excluding tert-OH is 1. The second kappa shape index (κ2) is 18.7. The van der Waals surface area contributed by atoms with Crippen LogP contribution in [0, 0.1) is 23.7 Å². The molecule has 1 aromatic rings. The Kier molecular flexibility index (Phi) is 15.8. The minimum absolute atomic E-state index is 0.0216. The minimum atomic E-state index is -0.901. The number of carbonyl (C=O) groups is 5. The summed E-state index contributed by atoms with van der Waals surface area (Å²) in [6.07, 6.45) is 1.90. The van der Waals surface area contributed by atoms with Crippen LogP contribution in [0.2, 0.25) is 0 Å². The average Bonchev–Trinajstić information content (AvgIpc) is 3.15. The number of methoxy groups -OCH3 is 1. The molecule has 0 heterocycles. The van der Waals surface area contributed by atoms with Gasteiger partial charge in [-0.15, -0.1) is 0 Å². The number of benzene rings is 1. The molecule has 0 saturated carbocycles. The molecule has 7 atom stereocenters. The quantitative estimate of drug-likeness (QED) is 0.145. The number of aliphatic hydroxyl groups is 1. The van der Waals surface area contributed by atoms with Crippen molar-refractivity contribution in [3.05, 3.63) is 47.5 Å². The van der Waals surface area contributed by atoms with Gasteiger partial charge in [0.05, 0.1) is 13.2 Å². The Morgan fingerprint density at radius 1 is 0.857 bits per heavy atom. The van der Waals surface area contributed by atoms with Crippen LogP contribution in [-0.2, 0) is 35.1 Å². The van der Waals surface area contributed by atoms with E-state index in [1.807, 2.05) is 43.3 Å². The monoisotopic (exact) mass is 686 g/mol. The van der Waals surface area contributed by atoms with E-state index in [-0.39, 0.29) is 36.0 Å². The van der Waals surface area contributed by atoms with Crippen molar-refractivity contribution in [2.45, 2.75) is 124 Å². The van der Waals surface area contributed by atoms with E-state index in [4.69, 9.17) is 9.47 Å². The van der Waals surface area contributed by atoms with E-state index in [1.165, 1.54) is 7.11 Å².